The van der Waals surface area contributed by atoms with Gasteiger partial charge >= 0.3 is 0 Å². The summed E-state index contributed by atoms with van der Waals surface area (Å²) in [5.74, 6) is 0.979. The molecule has 0 spiro atoms. The Hall–Kier alpha value is -3.19. The Morgan fingerprint density at radius 3 is 2.79 bits per heavy atom. The summed E-state index contributed by atoms with van der Waals surface area (Å²) in [5, 5.41) is 3.02. The van der Waals surface area contributed by atoms with Gasteiger partial charge in [-0.05, 0) is 31.2 Å². The highest BCUT2D eigenvalue weighted by molar-refractivity contribution is 5.95. The Kier molecular flexibility index (Phi) is 5.34. The maximum atomic E-state index is 12.7. The lowest BCUT2D eigenvalue weighted by molar-refractivity contribution is -0.115. The van der Waals surface area contributed by atoms with Gasteiger partial charge in [0, 0.05) is 25.5 Å². The summed E-state index contributed by atoms with van der Waals surface area (Å²) in [6, 6.07) is 11.5. The van der Waals surface area contributed by atoms with Gasteiger partial charge in [0.1, 0.15) is 5.76 Å². The van der Waals surface area contributed by atoms with Crippen LogP contribution in [0.4, 0.5) is 11.4 Å². The quantitative estimate of drug-likeness (QED) is 0.735. The maximum absolute atomic E-state index is 12.7. The van der Waals surface area contributed by atoms with E-state index in [-0.39, 0.29) is 12.3 Å². The lowest BCUT2D eigenvalue weighted by atomic mass is 10.2. The highest BCUT2D eigenvalue weighted by Crippen LogP contribution is 2.27. The molecular weight excluding hydrogens is 356 g/mol. The fraction of sp³-hybridized carbons (Fsp3) is 0.286. The van der Waals surface area contributed by atoms with Gasteiger partial charge in [0.15, 0.2) is 0 Å². The number of amides is 1. The molecule has 0 unspecified atom stereocenters. The van der Waals surface area contributed by atoms with Crippen molar-refractivity contribution < 1.29 is 13.9 Å². The third kappa shape index (κ3) is 4.04. The highest BCUT2D eigenvalue weighted by Gasteiger charge is 2.18. The van der Waals surface area contributed by atoms with Crippen molar-refractivity contribution in [1.82, 2.24) is 9.97 Å². The molecule has 3 heterocycles. The highest BCUT2D eigenvalue weighted by atomic mass is 16.5. The number of benzene rings is 1. The number of hydrogen-bond donors (Lipinski definition) is 1. The SMILES string of the molecule is Cc1oc(-c2cccnc2)nc1CC(=O)Nc1ccccc1N1CCOCC1. The molecule has 0 bridgehead atoms. The number of hydrogen-bond acceptors (Lipinski definition) is 6. The van der Waals surface area contributed by atoms with Gasteiger partial charge in [0.2, 0.25) is 11.8 Å². The molecule has 1 aromatic carbocycles. The lowest BCUT2D eigenvalue weighted by Gasteiger charge is -2.30. The van der Waals surface area contributed by atoms with Gasteiger partial charge in [0.05, 0.1) is 42.3 Å². The molecule has 144 valence electrons. The number of para-hydroxylation sites is 2. The van der Waals surface area contributed by atoms with Crippen molar-refractivity contribution in [2.75, 3.05) is 36.5 Å². The van der Waals surface area contributed by atoms with Crippen molar-refractivity contribution in [2.45, 2.75) is 13.3 Å². The summed E-state index contributed by atoms with van der Waals surface area (Å²) < 4.78 is 11.1. The van der Waals surface area contributed by atoms with E-state index in [0.717, 1.165) is 30.0 Å². The van der Waals surface area contributed by atoms with Crippen LogP contribution in [0.5, 0.6) is 0 Å². The molecule has 3 aromatic rings. The number of aryl methyl sites for hydroxylation is 1. The zero-order valence-electron chi connectivity index (χ0n) is 15.7. The molecule has 1 N–H and O–H groups in total. The van der Waals surface area contributed by atoms with E-state index in [9.17, 15) is 4.79 Å². The van der Waals surface area contributed by atoms with E-state index in [0.29, 0.717) is 30.6 Å². The Bertz CT molecular complexity index is 949. The van der Waals surface area contributed by atoms with Crippen molar-refractivity contribution in [2.24, 2.45) is 0 Å². The second-order valence-electron chi connectivity index (χ2n) is 6.61. The first-order chi connectivity index (χ1) is 13.7. The summed E-state index contributed by atoms with van der Waals surface area (Å²) in [7, 11) is 0. The first-order valence-corrected chi connectivity index (χ1v) is 9.29. The molecule has 0 radical (unpaired) electrons. The van der Waals surface area contributed by atoms with Crippen LogP contribution in [0.15, 0.2) is 53.2 Å². The van der Waals surface area contributed by atoms with Gasteiger partial charge in [0.25, 0.3) is 0 Å². The van der Waals surface area contributed by atoms with E-state index in [1.54, 1.807) is 12.4 Å². The van der Waals surface area contributed by atoms with Gasteiger partial charge in [-0.1, -0.05) is 12.1 Å². The van der Waals surface area contributed by atoms with E-state index in [1.165, 1.54) is 0 Å². The number of ether oxygens (including phenoxy) is 1. The van der Waals surface area contributed by atoms with Crippen molar-refractivity contribution >= 4 is 17.3 Å². The van der Waals surface area contributed by atoms with Crippen LogP contribution in [0.25, 0.3) is 11.5 Å². The zero-order valence-corrected chi connectivity index (χ0v) is 15.7. The molecule has 4 rings (SSSR count). The van der Waals surface area contributed by atoms with Crippen LogP contribution in [0, 0.1) is 6.92 Å². The van der Waals surface area contributed by atoms with Gasteiger partial charge in [-0.2, -0.15) is 0 Å². The lowest BCUT2D eigenvalue weighted by Crippen LogP contribution is -2.36. The Labute approximate surface area is 163 Å². The average molecular weight is 378 g/mol. The zero-order chi connectivity index (χ0) is 19.3. The van der Waals surface area contributed by atoms with Crippen LogP contribution >= 0.6 is 0 Å². The molecule has 0 saturated carbocycles. The second-order valence-corrected chi connectivity index (χ2v) is 6.61. The number of rotatable bonds is 5. The third-order valence-corrected chi connectivity index (χ3v) is 4.66. The molecule has 1 aliphatic heterocycles. The fourth-order valence-electron chi connectivity index (χ4n) is 3.21. The molecule has 2 aromatic heterocycles. The Balaban J connectivity index is 1.48. The van der Waals surface area contributed by atoms with Crippen LogP contribution in [0.2, 0.25) is 0 Å². The number of morpholine rings is 1. The van der Waals surface area contributed by atoms with Crippen molar-refractivity contribution in [3.63, 3.8) is 0 Å². The van der Waals surface area contributed by atoms with Crippen molar-refractivity contribution in [3.8, 4) is 11.5 Å². The smallest absolute Gasteiger partial charge is 0.230 e. The normalized spacial score (nSPS) is 14.1. The summed E-state index contributed by atoms with van der Waals surface area (Å²) in [4.78, 5) is 23.4. The number of pyridine rings is 1. The Morgan fingerprint density at radius 2 is 2.00 bits per heavy atom. The molecule has 0 atom stereocenters. The molecule has 1 saturated heterocycles. The van der Waals surface area contributed by atoms with E-state index in [1.807, 2.05) is 43.3 Å². The van der Waals surface area contributed by atoms with Crippen molar-refractivity contribution in [3.05, 3.63) is 60.2 Å². The maximum Gasteiger partial charge on any atom is 0.230 e. The fourth-order valence-corrected chi connectivity index (χ4v) is 3.21. The van der Waals surface area contributed by atoms with Crippen LogP contribution in [0.3, 0.4) is 0 Å². The molecule has 28 heavy (non-hydrogen) atoms. The summed E-state index contributed by atoms with van der Waals surface area (Å²) in [5.41, 5.74) is 3.21. The molecular formula is C21H22N4O3. The van der Waals surface area contributed by atoms with Gasteiger partial charge < -0.3 is 19.4 Å². The van der Waals surface area contributed by atoms with Crippen LogP contribution < -0.4 is 10.2 Å². The third-order valence-electron chi connectivity index (χ3n) is 4.66. The minimum atomic E-state index is -0.130. The molecule has 0 aliphatic carbocycles. The van der Waals surface area contributed by atoms with Crippen molar-refractivity contribution in [1.29, 1.82) is 0 Å². The van der Waals surface area contributed by atoms with Crippen LogP contribution in [-0.4, -0.2) is 42.2 Å². The number of anilines is 2. The monoisotopic (exact) mass is 378 g/mol. The van der Waals surface area contributed by atoms with Crippen LogP contribution in [-0.2, 0) is 16.0 Å². The number of nitrogens with zero attached hydrogens (tertiary/aromatic N) is 3. The first-order valence-electron chi connectivity index (χ1n) is 9.29. The predicted molar refractivity (Wildman–Crippen MR) is 106 cm³/mol. The molecule has 7 nitrogen and oxygen atoms in total. The van der Waals surface area contributed by atoms with E-state index < -0.39 is 0 Å². The van der Waals surface area contributed by atoms with Gasteiger partial charge in [-0.15, -0.1) is 0 Å². The van der Waals surface area contributed by atoms with Gasteiger partial charge in [-0.3, -0.25) is 9.78 Å². The van der Waals surface area contributed by atoms with E-state index >= 15 is 0 Å². The Morgan fingerprint density at radius 1 is 1.18 bits per heavy atom. The summed E-state index contributed by atoms with van der Waals surface area (Å²) in [6.45, 7) is 4.82. The molecule has 1 amide bonds. The number of carbonyl (C=O) groups is 1. The largest absolute Gasteiger partial charge is 0.441 e. The standard InChI is InChI=1S/C21H22N4O3/c1-15-18(24-21(28-15)16-5-4-8-22-14-16)13-20(26)23-17-6-2-3-7-19(17)25-9-11-27-12-10-25/h2-8,14H,9-13H2,1H3,(H,23,26). The van der Waals surface area contributed by atoms with E-state index in [2.05, 4.69) is 20.2 Å². The van der Waals surface area contributed by atoms with E-state index in [4.69, 9.17) is 9.15 Å². The topological polar surface area (TPSA) is 80.5 Å². The van der Waals surface area contributed by atoms with Crippen LogP contribution in [0.1, 0.15) is 11.5 Å². The summed E-state index contributed by atoms with van der Waals surface area (Å²) in [6.07, 6.45) is 3.53. The second kappa shape index (κ2) is 8.22. The molecule has 7 heteroatoms. The first kappa shape index (κ1) is 18.2. The minimum Gasteiger partial charge on any atom is -0.441 e. The number of oxazole rings is 1. The van der Waals surface area contributed by atoms with Gasteiger partial charge in [-0.25, -0.2) is 4.98 Å². The summed E-state index contributed by atoms with van der Waals surface area (Å²) >= 11 is 0. The predicted octanol–water partition coefficient (Wildman–Crippen LogP) is 3.06. The number of nitrogens with one attached hydrogen (secondary N) is 1. The molecule has 1 aliphatic rings. The minimum absolute atomic E-state index is 0.130. The average Bonchev–Trinajstić information content (AvgIpc) is 3.10. The molecule has 1 fully saturated rings. The number of carbonyl (C=O) groups excluding carboxylic acids is 1. The number of aromatic nitrogens is 2.